The summed E-state index contributed by atoms with van der Waals surface area (Å²) in [5, 5.41) is 17.2. The molecule has 3 heterocycles. The van der Waals surface area contributed by atoms with E-state index in [1.807, 2.05) is 24.3 Å². The molecule has 2 aliphatic heterocycles. The second-order valence-electron chi connectivity index (χ2n) is 9.09. The first-order chi connectivity index (χ1) is 15.1. The first-order valence-electron chi connectivity index (χ1n) is 11.1. The lowest BCUT2D eigenvalue weighted by atomic mass is 9.58. The highest BCUT2D eigenvalue weighted by Gasteiger charge is 2.44. The maximum Gasteiger partial charge on any atom is 0.323 e. The SMILES string of the molecule is O=C(NCC1CC2(CCNCC2)C1)c1ccc(NC(=O)N2Cc3ccccc3C2)nn1. The minimum absolute atomic E-state index is 0.216. The van der Waals surface area contributed by atoms with Gasteiger partial charge >= 0.3 is 6.03 Å². The lowest BCUT2D eigenvalue weighted by molar-refractivity contribution is 0.0219. The molecule has 3 aliphatic rings. The minimum atomic E-state index is -0.223. The summed E-state index contributed by atoms with van der Waals surface area (Å²) in [5.41, 5.74) is 3.10. The summed E-state index contributed by atoms with van der Waals surface area (Å²) in [6, 6.07) is 11.0. The minimum Gasteiger partial charge on any atom is -0.350 e. The van der Waals surface area contributed by atoms with Crippen molar-refractivity contribution in [1.29, 1.82) is 0 Å². The van der Waals surface area contributed by atoms with Gasteiger partial charge in [0.2, 0.25) is 0 Å². The summed E-state index contributed by atoms with van der Waals surface area (Å²) in [6.45, 7) is 4.07. The van der Waals surface area contributed by atoms with Gasteiger partial charge in [-0.15, -0.1) is 10.2 Å². The van der Waals surface area contributed by atoms with Gasteiger partial charge in [0.1, 0.15) is 0 Å². The highest BCUT2D eigenvalue weighted by atomic mass is 16.2. The smallest absolute Gasteiger partial charge is 0.323 e. The number of amides is 3. The summed E-state index contributed by atoms with van der Waals surface area (Å²) in [4.78, 5) is 26.6. The van der Waals surface area contributed by atoms with Crippen LogP contribution in [0.5, 0.6) is 0 Å². The zero-order chi connectivity index (χ0) is 21.3. The number of rotatable bonds is 4. The Balaban J connectivity index is 1.08. The molecule has 1 aromatic heterocycles. The predicted octanol–water partition coefficient (Wildman–Crippen LogP) is 2.53. The van der Waals surface area contributed by atoms with Crippen molar-refractivity contribution >= 4 is 17.8 Å². The van der Waals surface area contributed by atoms with Crippen LogP contribution >= 0.6 is 0 Å². The quantitative estimate of drug-likeness (QED) is 0.706. The van der Waals surface area contributed by atoms with Gasteiger partial charge in [-0.3, -0.25) is 10.1 Å². The van der Waals surface area contributed by atoms with E-state index in [0.717, 1.165) is 24.2 Å². The van der Waals surface area contributed by atoms with Crippen molar-refractivity contribution in [3.8, 4) is 0 Å². The van der Waals surface area contributed by atoms with Crippen LogP contribution in [0.2, 0.25) is 0 Å². The number of nitrogens with zero attached hydrogens (tertiary/aromatic N) is 3. The van der Waals surface area contributed by atoms with Crippen LogP contribution in [0.15, 0.2) is 36.4 Å². The van der Waals surface area contributed by atoms with Crippen LogP contribution in [0.3, 0.4) is 0 Å². The van der Waals surface area contributed by atoms with E-state index in [1.165, 1.54) is 25.7 Å². The Morgan fingerprint density at radius 3 is 2.39 bits per heavy atom. The summed E-state index contributed by atoms with van der Waals surface area (Å²) >= 11 is 0. The average molecular weight is 421 g/mol. The van der Waals surface area contributed by atoms with Crippen LogP contribution < -0.4 is 16.0 Å². The molecule has 5 rings (SSSR count). The lowest BCUT2D eigenvalue weighted by Gasteiger charge is -2.50. The van der Waals surface area contributed by atoms with Crippen molar-refractivity contribution in [3.05, 3.63) is 53.2 Å². The molecule has 162 valence electrons. The van der Waals surface area contributed by atoms with Crippen LogP contribution in [0, 0.1) is 11.3 Å². The van der Waals surface area contributed by atoms with Gasteiger partial charge < -0.3 is 15.5 Å². The average Bonchev–Trinajstić information content (AvgIpc) is 3.22. The van der Waals surface area contributed by atoms with E-state index in [1.54, 1.807) is 17.0 Å². The third kappa shape index (κ3) is 4.25. The highest BCUT2D eigenvalue weighted by Crippen LogP contribution is 2.51. The van der Waals surface area contributed by atoms with Crippen molar-refractivity contribution in [2.75, 3.05) is 25.0 Å². The van der Waals surface area contributed by atoms with E-state index in [0.29, 0.717) is 36.8 Å². The molecule has 8 heteroatoms. The summed E-state index contributed by atoms with van der Waals surface area (Å²) in [6.07, 6.45) is 4.90. The second kappa shape index (κ2) is 8.26. The molecule has 2 fully saturated rings. The van der Waals surface area contributed by atoms with Gasteiger partial charge in [-0.25, -0.2) is 4.79 Å². The molecular weight excluding hydrogens is 392 g/mol. The van der Waals surface area contributed by atoms with Crippen molar-refractivity contribution in [3.63, 3.8) is 0 Å². The Labute approximate surface area is 181 Å². The van der Waals surface area contributed by atoms with Crippen LogP contribution in [0.25, 0.3) is 0 Å². The molecule has 2 aromatic rings. The van der Waals surface area contributed by atoms with E-state index in [9.17, 15) is 9.59 Å². The molecule has 1 spiro atoms. The Kier molecular flexibility index (Phi) is 5.31. The molecule has 0 unspecified atom stereocenters. The molecule has 0 atom stereocenters. The maximum absolute atomic E-state index is 12.5. The van der Waals surface area contributed by atoms with E-state index >= 15 is 0 Å². The number of aromatic nitrogens is 2. The molecule has 1 saturated carbocycles. The summed E-state index contributed by atoms with van der Waals surface area (Å²) in [7, 11) is 0. The Hall–Kier alpha value is -3.00. The third-order valence-electron chi connectivity index (χ3n) is 6.92. The van der Waals surface area contributed by atoms with Crippen LogP contribution in [-0.4, -0.2) is 46.7 Å². The van der Waals surface area contributed by atoms with Crippen molar-refractivity contribution in [1.82, 2.24) is 25.7 Å². The van der Waals surface area contributed by atoms with Gasteiger partial charge in [0.15, 0.2) is 11.5 Å². The van der Waals surface area contributed by atoms with Crippen LogP contribution in [0.1, 0.15) is 47.3 Å². The third-order valence-corrected chi connectivity index (χ3v) is 6.92. The number of nitrogens with one attached hydrogen (secondary N) is 3. The number of carbonyl (C=O) groups excluding carboxylic acids is 2. The molecule has 31 heavy (non-hydrogen) atoms. The largest absolute Gasteiger partial charge is 0.350 e. The summed E-state index contributed by atoms with van der Waals surface area (Å²) < 4.78 is 0. The highest BCUT2D eigenvalue weighted by molar-refractivity contribution is 5.93. The van der Waals surface area contributed by atoms with E-state index < -0.39 is 0 Å². The standard InChI is InChI=1S/C23H28N6O2/c30-21(25-13-16-11-23(12-16)7-9-24-10-8-23)19-5-6-20(28-27-19)26-22(31)29-14-17-3-1-2-4-18(17)15-29/h1-6,16,24H,7-15H2,(H,25,30)(H,26,28,31). The maximum atomic E-state index is 12.5. The number of anilines is 1. The zero-order valence-corrected chi connectivity index (χ0v) is 17.6. The first kappa shape index (κ1) is 19.9. The van der Waals surface area contributed by atoms with Crippen molar-refractivity contribution in [2.45, 2.75) is 38.8 Å². The molecule has 0 bridgehead atoms. The molecule has 1 aromatic carbocycles. The molecule has 1 saturated heterocycles. The van der Waals surface area contributed by atoms with Gasteiger partial charge in [0, 0.05) is 19.6 Å². The number of urea groups is 1. The normalized spacial score (nSPS) is 19.5. The fourth-order valence-corrected chi connectivity index (χ4v) is 5.19. The first-order valence-corrected chi connectivity index (χ1v) is 11.1. The van der Waals surface area contributed by atoms with Crippen LogP contribution in [0.4, 0.5) is 10.6 Å². The molecule has 3 amide bonds. The van der Waals surface area contributed by atoms with Crippen molar-refractivity contribution < 1.29 is 9.59 Å². The molecular formula is C23H28N6O2. The topological polar surface area (TPSA) is 99.2 Å². The lowest BCUT2D eigenvalue weighted by Crippen LogP contribution is -2.48. The predicted molar refractivity (Wildman–Crippen MR) is 116 cm³/mol. The molecule has 8 nitrogen and oxygen atoms in total. The van der Waals surface area contributed by atoms with Crippen LogP contribution in [-0.2, 0) is 13.1 Å². The van der Waals surface area contributed by atoms with Gasteiger partial charge in [-0.05, 0) is 73.4 Å². The number of hydrogen-bond acceptors (Lipinski definition) is 5. The molecule has 1 aliphatic carbocycles. The van der Waals surface area contributed by atoms with Gasteiger partial charge in [-0.1, -0.05) is 24.3 Å². The number of fused-ring (bicyclic) bond motifs is 1. The molecule has 0 radical (unpaired) electrons. The van der Waals surface area contributed by atoms with Gasteiger partial charge in [0.25, 0.3) is 5.91 Å². The second-order valence-corrected chi connectivity index (χ2v) is 9.09. The number of carbonyl (C=O) groups is 2. The Morgan fingerprint density at radius 1 is 1.03 bits per heavy atom. The van der Waals surface area contributed by atoms with Gasteiger partial charge in [0.05, 0.1) is 0 Å². The Morgan fingerprint density at radius 2 is 1.74 bits per heavy atom. The fraction of sp³-hybridized carbons (Fsp3) is 0.478. The fourth-order valence-electron chi connectivity index (χ4n) is 5.19. The zero-order valence-electron chi connectivity index (χ0n) is 17.6. The van der Waals surface area contributed by atoms with Gasteiger partial charge in [-0.2, -0.15) is 0 Å². The van der Waals surface area contributed by atoms with E-state index in [4.69, 9.17) is 0 Å². The van der Waals surface area contributed by atoms with E-state index in [-0.39, 0.29) is 17.6 Å². The Bertz CT molecular complexity index is 937. The van der Waals surface area contributed by atoms with Crippen molar-refractivity contribution in [2.24, 2.45) is 11.3 Å². The van der Waals surface area contributed by atoms with E-state index in [2.05, 4.69) is 26.1 Å². The molecule has 3 N–H and O–H groups in total. The number of benzene rings is 1. The monoisotopic (exact) mass is 420 g/mol. The number of hydrogen-bond donors (Lipinski definition) is 3. The summed E-state index contributed by atoms with van der Waals surface area (Å²) in [5.74, 6) is 0.675. The number of piperidine rings is 1.